The molecule has 2 aromatic rings. The summed E-state index contributed by atoms with van der Waals surface area (Å²) in [6.07, 6.45) is 2.16. The number of halogens is 1. The fourth-order valence-electron chi connectivity index (χ4n) is 3.27. The number of benzene rings is 2. The molecule has 2 aromatic carbocycles. The van der Waals surface area contributed by atoms with E-state index in [0.29, 0.717) is 18.4 Å². The van der Waals surface area contributed by atoms with E-state index in [-0.39, 0.29) is 0 Å². The first kappa shape index (κ1) is 17.2. The summed E-state index contributed by atoms with van der Waals surface area (Å²) in [6, 6.07) is 15.9. The first-order valence-corrected chi connectivity index (χ1v) is 9.58. The molecule has 0 spiro atoms. The predicted octanol–water partition coefficient (Wildman–Crippen LogP) is 3.98. The second-order valence-corrected chi connectivity index (χ2v) is 7.43. The highest BCUT2D eigenvalue weighted by atomic mass is 35.5. The topological polar surface area (TPSA) is 32.8 Å². The lowest BCUT2D eigenvalue weighted by Gasteiger charge is -2.36. The third-order valence-electron chi connectivity index (χ3n) is 5.04. The Bertz CT molecular complexity index is 749. The van der Waals surface area contributed by atoms with Gasteiger partial charge in [-0.15, -0.1) is 0 Å². The largest absolute Gasteiger partial charge is 0.489 e. The lowest BCUT2D eigenvalue weighted by Crippen LogP contribution is -2.49. The van der Waals surface area contributed by atoms with Crippen LogP contribution in [0.1, 0.15) is 18.4 Å². The number of hydrogen-bond donors (Lipinski definition) is 0. The van der Waals surface area contributed by atoms with Crippen LogP contribution in [0.5, 0.6) is 5.75 Å². The first-order chi connectivity index (χ1) is 12.7. The van der Waals surface area contributed by atoms with E-state index in [1.165, 1.54) is 5.69 Å². The highest BCUT2D eigenvalue weighted by Crippen LogP contribution is 2.31. The molecule has 1 aliphatic heterocycles. The lowest BCUT2D eigenvalue weighted by molar-refractivity contribution is -0.132. The SMILES string of the molecule is O=C(C1CC1)N1CCN(c2ccc(OCc3ccc(Cl)cc3)cc2)CC1. The van der Waals surface area contributed by atoms with Crippen LogP contribution in [0.3, 0.4) is 0 Å². The van der Waals surface area contributed by atoms with Gasteiger partial charge < -0.3 is 14.5 Å². The monoisotopic (exact) mass is 370 g/mol. The van der Waals surface area contributed by atoms with Crippen LogP contribution in [0.15, 0.2) is 48.5 Å². The van der Waals surface area contributed by atoms with Crippen LogP contribution < -0.4 is 9.64 Å². The molecular formula is C21H23ClN2O2. The normalized spacial score (nSPS) is 17.3. The second kappa shape index (κ2) is 7.58. The van der Waals surface area contributed by atoms with E-state index < -0.39 is 0 Å². The predicted molar refractivity (Wildman–Crippen MR) is 104 cm³/mol. The molecule has 0 bridgehead atoms. The molecule has 1 aliphatic carbocycles. The number of amides is 1. The molecule has 4 rings (SSSR count). The minimum atomic E-state index is 0.318. The van der Waals surface area contributed by atoms with Gasteiger partial charge in [0.1, 0.15) is 12.4 Å². The molecular weight excluding hydrogens is 348 g/mol. The lowest BCUT2D eigenvalue weighted by atomic mass is 10.2. The van der Waals surface area contributed by atoms with E-state index in [0.717, 1.165) is 55.4 Å². The Morgan fingerprint density at radius 2 is 1.62 bits per heavy atom. The van der Waals surface area contributed by atoms with E-state index in [9.17, 15) is 4.79 Å². The van der Waals surface area contributed by atoms with Crippen molar-refractivity contribution in [3.8, 4) is 5.75 Å². The maximum atomic E-state index is 12.1. The highest BCUT2D eigenvalue weighted by Gasteiger charge is 2.34. The quantitative estimate of drug-likeness (QED) is 0.798. The van der Waals surface area contributed by atoms with Crippen molar-refractivity contribution in [2.24, 2.45) is 5.92 Å². The van der Waals surface area contributed by atoms with Gasteiger partial charge in [0.15, 0.2) is 0 Å². The summed E-state index contributed by atoms with van der Waals surface area (Å²) in [7, 11) is 0. The van der Waals surface area contributed by atoms with Crippen LogP contribution in [0.4, 0.5) is 5.69 Å². The summed E-state index contributed by atoms with van der Waals surface area (Å²) in [4.78, 5) is 16.5. The van der Waals surface area contributed by atoms with Gasteiger partial charge in [-0.05, 0) is 54.8 Å². The van der Waals surface area contributed by atoms with Gasteiger partial charge in [-0.2, -0.15) is 0 Å². The third-order valence-corrected chi connectivity index (χ3v) is 5.29. The summed E-state index contributed by atoms with van der Waals surface area (Å²) in [5, 5.41) is 0.733. The van der Waals surface area contributed by atoms with Gasteiger partial charge in [0, 0.05) is 42.8 Å². The van der Waals surface area contributed by atoms with Crippen molar-refractivity contribution >= 4 is 23.2 Å². The maximum absolute atomic E-state index is 12.1. The van der Waals surface area contributed by atoms with Gasteiger partial charge in [0.25, 0.3) is 0 Å². The summed E-state index contributed by atoms with van der Waals surface area (Å²) < 4.78 is 5.84. The number of nitrogens with zero attached hydrogens (tertiary/aromatic N) is 2. The average molecular weight is 371 g/mol. The van der Waals surface area contributed by atoms with Crippen LogP contribution in [-0.4, -0.2) is 37.0 Å². The number of hydrogen-bond acceptors (Lipinski definition) is 3. The van der Waals surface area contributed by atoms with Gasteiger partial charge in [-0.25, -0.2) is 0 Å². The molecule has 26 heavy (non-hydrogen) atoms. The fourth-order valence-corrected chi connectivity index (χ4v) is 3.40. The Morgan fingerprint density at radius 1 is 0.962 bits per heavy atom. The molecule has 1 saturated carbocycles. The van der Waals surface area contributed by atoms with Crippen molar-refractivity contribution in [3.05, 3.63) is 59.1 Å². The maximum Gasteiger partial charge on any atom is 0.225 e. The Labute approximate surface area is 159 Å². The summed E-state index contributed by atoms with van der Waals surface area (Å²) in [6.45, 7) is 3.96. The van der Waals surface area contributed by atoms with Gasteiger partial charge in [0.05, 0.1) is 0 Å². The Kier molecular flexibility index (Phi) is 5.02. The number of carbonyl (C=O) groups excluding carboxylic acids is 1. The zero-order valence-corrected chi connectivity index (χ0v) is 15.5. The molecule has 0 unspecified atom stereocenters. The van der Waals surface area contributed by atoms with Gasteiger partial charge in [0.2, 0.25) is 5.91 Å². The van der Waals surface area contributed by atoms with E-state index in [1.54, 1.807) is 0 Å². The number of carbonyl (C=O) groups is 1. The molecule has 1 saturated heterocycles. The first-order valence-electron chi connectivity index (χ1n) is 9.20. The molecule has 0 aromatic heterocycles. The molecule has 2 aliphatic rings. The number of ether oxygens (including phenoxy) is 1. The van der Waals surface area contributed by atoms with E-state index >= 15 is 0 Å². The second-order valence-electron chi connectivity index (χ2n) is 7.00. The van der Waals surface area contributed by atoms with Crippen LogP contribution in [0.25, 0.3) is 0 Å². The zero-order valence-electron chi connectivity index (χ0n) is 14.7. The van der Waals surface area contributed by atoms with Crippen LogP contribution in [0, 0.1) is 5.92 Å². The molecule has 136 valence electrons. The van der Waals surface area contributed by atoms with E-state index in [2.05, 4.69) is 17.0 Å². The minimum Gasteiger partial charge on any atom is -0.489 e. The molecule has 0 radical (unpaired) electrons. The van der Waals surface area contributed by atoms with Crippen molar-refractivity contribution in [2.75, 3.05) is 31.1 Å². The smallest absolute Gasteiger partial charge is 0.225 e. The number of piperazine rings is 1. The van der Waals surface area contributed by atoms with Crippen molar-refractivity contribution < 1.29 is 9.53 Å². The number of anilines is 1. The van der Waals surface area contributed by atoms with Gasteiger partial charge in [-0.3, -0.25) is 4.79 Å². The highest BCUT2D eigenvalue weighted by molar-refractivity contribution is 6.30. The molecule has 4 nitrogen and oxygen atoms in total. The minimum absolute atomic E-state index is 0.318. The summed E-state index contributed by atoms with van der Waals surface area (Å²) in [5.74, 6) is 1.53. The third kappa shape index (κ3) is 4.13. The van der Waals surface area contributed by atoms with Gasteiger partial charge >= 0.3 is 0 Å². The van der Waals surface area contributed by atoms with Crippen molar-refractivity contribution in [1.29, 1.82) is 0 Å². The standard InChI is InChI=1S/C21H23ClN2O2/c22-18-5-1-16(2-6-18)15-26-20-9-7-19(8-10-20)23-11-13-24(14-12-23)21(25)17-3-4-17/h1-2,5-10,17H,3-4,11-15H2. The van der Waals surface area contributed by atoms with Gasteiger partial charge in [-0.1, -0.05) is 23.7 Å². The molecule has 5 heteroatoms. The van der Waals surface area contributed by atoms with Crippen LogP contribution in [0.2, 0.25) is 5.02 Å². The van der Waals surface area contributed by atoms with E-state index in [1.807, 2.05) is 41.3 Å². The average Bonchev–Trinajstić information content (AvgIpc) is 3.53. The number of rotatable bonds is 5. The Morgan fingerprint density at radius 3 is 2.23 bits per heavy atom. The molecule has 1 heterocycles. The van der Waals surface area contributed by atoms with E-state index in [4.69, 9.17) is 16.3 Å². The van der Waals surface area contributed by atoms with Crippen LogP contribution in [-0.2, 0) is 11.4 Å². The van der Waals surface area contributed by atoms with Crippen LogP contribution >= 0.6 is 11.6 Å². The molecule has 0 atom stereocenters. The fraction of sp³-hybridized carbons (Fsp3) is 0.381. The van der Waals surface area contributed by atoms with Crippen molar-refractivity contribution in [3.63, 3.8) is 0 Å². The summed E-state index contributed by atoms with van der Waals surface area (Å²) in [5.41, 5.74) is 2.28. The van der Waals surface area contributed by atoms with Crippen molar-refractivity contribution in [2.45, 2.75) is 19.4 Å². The zero-order chi connectivity index (χ0) is 17.9. The molecule has 0 N–H and O–H groups in total. The summed E-state index contributed by atoms with van der Waals surface area (Å²) >= 11 is 5.90. The molecule has 1 amide bonds. The Hall–Kier alpha value is -2.20. The Balaban J connectivity index is 1.29. The molecule has 2 fully saturated rings. The van der Waals surface area contributed by atoms with Crippen molar-refractivity contribution in [1.82, 2.24) is 4.90 Å².